The summed E-state index contributed by atoms with van der Waals surface area (Å²) < 4.78 is 6.02. The Balaban J connectivity index is 1.57. The second kappa shape index (κ2) is 8.48. The van der Waals surface area contributed by atoms with Gasteiger partial charge in [-0.2, -0.15) is 4.98 Å². The third-order valence-electron chi connectivity index (χ3n) is 3.97. The average molecular weight is 425 g/mol. The van der Waals surface area contributed by atoms with Gasteiger partial charge in [0.05, 0.1) is 24.3 Å². The van der Waals surface area contributed by atoms with Crippen molar-refractivity contribution >= 4 is 39.2 Å². The first kappa shape index (κ1) is 17.9. The number of rotatable bonds is 4. The SMILES string of the molecule is CN=C(NCc1cccs1)N1CCN(c2ncc(Br)c(OC)n2)CC1. The number of nitrogens with zero attached hydrogens (tertiary/aromatic N) is 5. The predicted octanol–water partition coefficient (Wildman–Crippen LogP) is 2.21. The summed E-state index contributed by atoms with van der Waals surface area (Å²) in [6.45, 7) is 4.21. The molecule has 0 aromatic carbocycles. The molecule has 0 bridgehead atoms. The van der Waals surface area contributed by atoms with Gasteiger partial charge in [-0.15, -0.1) is 11.3 Å². The lowest BCUT2D eigenvalue weighted by molar-refractivity contribution is 0.366. The molecule has 1 N–H and O–H groups in total. The van der Waals surface area contributed by atoms with Gasteiger partial charge >= 0.3 is 0 Å². The van der Waals surface area contributed by atoms with Gasteiger partial charge in [0.2, 0.25) is 11.8 Å². The lowest BCUT2D eigenvalue weighted by Gasteiger charge is -2.36. The number of nitrogens with one attached hydrogen (secondary N) is 1. The first-order chi connectivity index (χ1) is 12.2. The Kier molecular flexibility index (Phi) is 6.09. The summed E-state index contributed by atoms with van der Waals surface area (Å²) in [5.41, 5.74) is 0. The third-order valence-corrected chi connectivity index (χ3v) is 5.39. The highest BCUT2D eigenvalue weighted by atomic mass is 79.9. The Bertz CT molecular complexity index is 715. The monoisotopic (exact) mass is 424 g/mol. The van der Waals surface area contributed by atoms with E-state index < -0.39 is 0 Å². The molecule has 0 unspecified atom stereocenters. The number of hydrogen-bond acceptors (Lipinski definition) is 6. The summed E-state index contributed by atoms with van der Waals surface area (Å²) in [6.07, 6.45) is 1.73. The second-order valence-corrected chi connectivity index (χ2v) is 7.37. The molecule has 3 heterocycles. The second-order valence-electron chi connectivity index (χ2n) is 5.48. The van der Waals surface area contributed by atoms with Gasteiger partial charge in [-0.25, -0.2) is 4.98 Å². The lowest BCUT2D eigenvalue weighted by Crippen LogP contribution is -2.52. The number of piperazine rings is 1. The maximum atomic E-state index is 5.26. The molecule has 0 saturated carbocycles. The maximum absolute atomic E-state index is 5.26. The molecule has 2 aromatic heterocycles. The number of halogens is 1. The van der Waals surface area contributed by atoms with E-state index >= 15 is 0 Å². The number of thiophene rings is 1. The van der Waals surface area contributed by atoms with E-state index in [1.165, 1.54) is 4.88 Å². The van der Waals surface area contributed by atoms with Crippen LogP contribution in [0.25, 0.3) is 0 Å². The molecule has 1 fully saturated rings. The number of aromatic nitrogens is 2. The molecule has 7 nitrogen and oxygen atoms in total. The van der Waals surface area contributed by atoms with Crippen LogP contribution < -0.4 is 15.0 Å². The molecule has 0 radical (unpaired) electrons. The minimum absolute atomic E-state index is 0.556. The zero-order valence-corrected chi connectivity index (χ0v) is 16.7. The van der Waals surface area contributed by atoms with Gasteiger partial charge in [0.1, 0.15) is 0 Å². The van der Waals surface area contributed by atoms with Gasteiger partial charge in [-0.05, 0) is 27.4 Å². The van der Waals surface area contributed by atoms with Gasteiger partial charge < -0.3 is 19.9 Å². The molecule has 1 aliphatic heterocycles. The molecule has 0 amide bonds. The fourth-order valence-corrected chi connectivity index (χ4v) is 3.67. The summed E-state index contributed by atoms with van der Waals surface area (Å²) >= 11 is 5.13. The molecule has 25 heavy (non-hydrogen) atoms. The van der Waals surface area contributed by atoms with E-state index in [9.17, 15) is 0 Å². The zero-order chi connectivity index (χ0) is 17.6. The Labute approximate surface area is 159 Å². The van der Waals surface area contributed by atoms with Crippen LogP contribution in [0.4, 0.5) is 5.95 Å². The molecular formula is C16H21BrN6OS. The van der Waals surface area contributed by atoms with Crippen molar-refractivity contribution in [2.24, 2.45) is 4.99 Å². The number of hydrogen-bond donors (Lipinski definition) is 1. The van der Waals surface area contributed by atoms with Crippen molar-refractivity contribution in [1.82, 2.24) is 20.2 Å². The number of aliphatic imine (C=N–C) groups is 1. The van der Waals surface area contributed by atoms with Crippen LogP contribution in [0.2, 0.25) is 0 Å². The minimum Gasteiger partial charge on any atom is -0.480 e. The molecule has 0 aliphatic carbocycles. The third kappa shape index (κ3) is 4.40. The minimum atomic E-state index is 0.556. The van der Waals surface area contributed by atoms with E-state index in [2.05, 4.69) is 63.5 Å². The molecule has 134 valence electrons. The highest BCUT2D eigenvalue weighted by Crippen LogP contribution is 2.23. The Hall–Kier alpha value is -1.87. The van der Waals surface area contributed by atoms with Gasteiger partial charge in [-0.3, -0.25) is 4.99 Å². The molecule has 0 atom stereocenters. The smallest absolute Gasteiger partial charge is 0.232 e. The number of anilines is 1. The van der Waals surface area contributed by atoms with Crippen molar-refractivity contribution < 1.29 is 4.74 Å². The molecule has 1 saturated heterocycles. The summed E-state index contributed by atoms with van der Waals surface area (Å²) in [4.78, 5) is 19.0. The Morgan fingerprint density at radius 3 is 2.84 bits per heavy atom. The lowest BCUT2D eigenvalue weighted by atomic mass is 10.3. The number of guanidine groups is 1. The standard InChI is InChI=1S/C16H21BrN6OS/c1-18-15(19-10-12-4-3-9-25-12)22-5-7-23(8-6-22)16-20-11-13(17)14(21-16)24-2/h3-4,9,11H,5-8,10H2,1-2H3,(H,18,19). The summed E-state index contributed by atoms with van der Waals surface area (Å²) in [5.74, 6) is 2.18. The summed E-state index contributed by atoms with van der Waals surface area (Å²) in [5, 5.41) is 5.52. The van der Waals surface area contributed by atoms with Gasteiger partial charge in [0, 0.05) is 38.1 Å². The van der Waals surface area contributed by atoms with Crippen molar-refractivity contribution in [2.75, 3.05) is 45.2 Å². The molecular weight excluding hydrogens is 404 g/mol. The van der Waals surface area contributed by atoms with Crippen molar-refractivity contribution in [1.29, 1.82) is 0 Å². The summed E-state index contributed by atoms with van der Waals surface area (Å²) in [7, 11) is 3.43. The first-order valence-corrected chi connectivity index (χ1v) is 9.68. The molecule has 9 heteroatoms. The van der Waals surface area contributed by atoms with E-state index in [0.717, 1.165) is 43.2 Å². The highest BCUT2D eigenvalue weighted by Gasteiger charge is 2.22. The van der Waals surface area contributed by atoms with E-state index in [0.29, 0.717) is 11.8 Å². The van der Waals surface area contributed by atoms with Gasteiger partial charge in [-0.1, -0.05) is 6.07 Å². The quantitative estimate of drug-likeness (QED) is 0.599. The normalized spacial score (nSPS) is 15.4. The van der Waals surface area contributed by atoms with Crippen molar-refractivity contribution in [3.8, 4) is 5.88 Å². The van der Waals surface area contributed by atoms with E-state index in [-0.39, 0.29) is 0 Å². The van der Waals surface area contributed by atoms with Crippen molar-refractivity contribution in [3.63, 3.8) is 0 Å². The van der Waals surface area contributed by atoms with Gasteiger partial charge in [0.15, 0.2) is 5.96 Å². The summed E-state index contributed by atoms with van der Waals surface area (Å²) in [6, 6.07) is 4.19. The van der Waals surface area contributed by atoms with Crippen molar-refractivity contribution in [3.05, 3.63) is 33.1 Å². The number of ether oxygens (including phenoxy) is 1. The van der Waals surface area contributed by atoms with Crippen LogP contribution in [0.5, 0.6) is 5.88 Å². The van der Waals surface area contributed by atoms with Crippen LogP contribution in [0.3, 0.4) is 0 Å². The topological polar surface area (TPSA) is 65.9 Å². The molecule has 3 rings (SSSR count). The zero-order valence-electron chi connectivity index (χ0n) is 14.3. The molecule has 1 aliphatic rings. The van der Waals surface area contributed by atoms with Crippen LogP contribution in [-0.2, 0) is 6.54 Å². The first-order valence-electron chi connectivity index (χ1n) is 8.00. The highest BCUT2D eigenvalue weighted by molar-refractivity contribution is 9.10. The van der Waals surface area contributed by atoms with Crippen LogP contribution in [0.1, 0.15) is 4.88 Å². The van der Waals surface area contributed by atoms with E-state index in [1.807, 2.05) is 7.05 Å². The Morgan fingerprint density at radius 1 is 1.40 bits per heavy atom. The Morgan fingerprint density at radius 2 is 2.20 bits per heavy atom. The maximum Gasteiger partial charge on any atom is 0.232 e. The van der Waals surface area contributed by atoms with Crippen LogP contribution >= 0.6 is 27.3 Å². The van der Waals surface area contributed by atoms with E-state index in [4.69, 9.17) is 4.74 Å². The van der Waals surface area contributed by atoms with Gasteiger partial charge in [0.25, 0.3) is 0 Å². The number of methoxy groups -OCH3 is 1. The van der Waals surface area contributed by atoms with E-state index in [1.54, 1.807) is 24.6 Å². The van der Waals surface area contributed by atoms with Crippen molar-refractivity contribution in [2.45, 2.75) is 6.54 Å². The van der Waals surface area contributed by atoms with Crippen LogP contribution in [0, 0.1) is 0 Å². The van der Waals surface area contributed by atoms with Crippen LogP contribution in [0.15, 0.2) is 33.2 Å². The largest absolute Gasteiger partial charge is 0.480 e. The van der Waals surface area contributed by atoms with Crippen LogP contribution in [-0.4, -0.2) is 61.2 Å². The fourth-order valence-electron chi connectivity index (χ4n) is 2.67. The fraction of sp³-hybridized carbons (Fsp3) is 0.438. The molecule has 0 spiro atoms. The predicted molar refractivity (Wildman–Crippen MR) is 105 cm³/mol. The average Bonchev–Trinajstić information content (AvgIpc) is 3.17. The molecule has 2 aromatic rings.